The highest BCUT2D eigenvalue weighted by Gasteiger charge is 2.48. The highest BCUT2D eigenvalue weighted by atomic mass is 16.5. The zero-order valence-corrected chi connectivity index (χ0v) is 17.8. The minimum atomic E-state index is -0.157. The molecular weight excluding hydrogens is 332 g/mol. The molecule has 0 bridgehead atoms. The molecule has 0 radical (unpaired) electrons. The largest absolute Gasteiger partial charge is 0.487 e. The summed E-state index contributed by atoms with van der Waals surface area (Å²) in [7, 11) is 0. The standard InChI is InChI=1S/C25H36O2/c1-18(2)10-8-11-19(3)12-9-17-25(5)22-16-15-20(4)26-24(22)21-13-6-7-14-23(21)27-25/h6-7,10,12-14,20,22,24H,8-9,11,15-17H2,1-5H3/b19-12-/t20-,22-,24+,25+/m1/s1. The molecule has 1 fully saturated rings. The van der Waals surface area contributed by atoms with Crippen LogP contribution in [0, 0.1) is 5.92 Å². The molecule has 148 valence electrons. The second-order valence-corrected chi connectivity index (χ2v) is 8.91. The van der Waals surface area contributed by atoms with Crippen molar-refractivity contribution in [3.8, 4) is 5.75 Å². The maximum atomic E-state index is 6.60. The Morgan fingerprint density at radius 1 is 1.11 bits per heavy atom. The first-order valence-corrected chi connectivity index (χ1v) is 10.6. The van der Waals surface area contributed by atoms with E-state index in [1.807, 2.05) is 0 Å². The molecule has 2 heteroatoms. The van der Waals surface area contributed by atoms with Crippen LogP contribution >= 0.6 is 0 Å². The Morgan fingerprint density at radius 2 is 1.89 bits per heavy atom. The summed E-state index contributed by atoms with van der Waals surface area (Å²) < 4.78 is 13.0. The summed E-state index contributed by atoms with van der Waals surface area (Å²) in [4.78, 5) is 0. The molecule has 2 heterocycles. The topological polar surface area (TPSA) is 18.5 Å². The molecule has 2 aliphatic rings. The van der Waals surface area contributed by atoms with E-state index in [1.54, 1.807) is 0 Å². The molecule has 0 aliphatic carbocycles. The third kappa shape index (κ3) is 4.85. The first-order chi connectivity index (χ1) is 12.9. The molecule has 1 aromatic carbocycles. The van der Waals surface area contributed by atoms with Crippen LogP contribution in [0.3, 0.4) is 0 Å². The van der Waals surface area contributed by atoms with E-state index in [0.717, 1.165) is 37.9 Å². The summed E-state index contributed by atoms with van der Waals surface area (Å²) >= 11 is 0. The quantitative estimate of drug-likeness (QED) is 0.496. The number of allylic oxidation sites excluding steroid dienone is 4. The maximum absolute atomic E-state index is 6.60. The van der Waals surface area contributed by atoms with Gasteiger partial charge in [0.05, 0.1) is 12.2 Å². The highest BCUT2D eigenvalue weighted by molar-refractivity contribution is 5.39. The predicted octanol–water partition coefficient (Wildman–Crippen LogP) is 7.17. The number of para-hydroxylation sites is 1. The summed E-state index contributed by atoms with van der Waals surface area (Å²) in [5.74, 6) is 1.45. The van der Waals surface area contributed by atoms with Gasteiger partial charge in [0.1, 0.15) is 11.4 Å². The summed E-state index contributed by atoms with van der Waals surface area (Å²) in [5, 5.41) is 0. The normalized spacial score (nSPS) is 30.1. The molecule has 4 atom stereocenters. The lowest BCUT2D eigenvalue weighted by molar-refractivity contribution is -0.152. The number of fused-ring (bicyclic) bond motifs is 3. The molecule has 1 saturated heterocycles. The lowest BCUT2D eigenvalue weighted by atomic mass is 9.72. The molecule has 0 spiro atoms. The molecule has 0 unspecified atom stereocenters. The lowest BCUT2D eigenvalue weighted by Crippen LogP contribution is -2.50. The van der Waals surface area contributed by atoms with Crippen molar-refractivity contribution in [1.29, 1.82) is 0 Å². The van der Waals surface area contributed by atoms with Crippen molar-refractivity contribution in [2.45, 2.75) is 91.0 Å². The van der Waals surface area contributed by atoms with Gasteiger partial charge in [0.25, 0.3) is 0 Å². The zero-order valence-electron chi connectivity index (χ0n) is 17.8. The van der Waals surface area contributed by atoms with E-state index < -0.39 is 0 Å². The van der Waals surface area contributed by atoms with Crippen LogP contribution in [0.2, 0.25) is 0 Å². The fourth-order valence-electron chi connectivity index (χ4n) is 4.56. The molecule has 2 nitrogen and oxygen atoms in total. The Morgan fingerprint density at radius 3 is 2.67 bits per heavy atom. The third-order valence-corrected chi connectivity index (χ3v) is 6.21. The molecule has 0 saturated carbocycles. The van der Waals surface area contributed by atoms with Gasteiger partial charge in [0.15, 0.2) is 0 Å². The Kier molecular flexibility index (Phi) is 6.47. The second-order valence-electron chi connectivity index (χ2n) is 8.91. The van der Waals surface area contributed by atoms with E-state index >= 15 is 0 Å². The van der Waals surface area contributed by atoms with Crippen LogP contribution in [0.15, 0.2) is 47.6 Å². The lowest BCUT2D eigenvalue weighted by Gasteiger charge is -2.50. The number of rotatable bonds is 6. The van der Waals surface area contributed by atoms with Gasteiger partial charge in [-0.15, -0.1) is 0 Å². The molecule has 1 aromatic rings. The van der Waals surface area contributed by atoms with E-state index in [4.69, 9.17) is 9.47 Å². The first kappa shape index (κ1) is 20.2. The predicted molar refractivity (Wildman–Crippen MR) is 113 cm³/mol. The van der Waals surface area contributed by atoms with Crippen molar-refractivity contribution >= 4 is 0 Å². The van der Waals surface area contributed by atoms with E-state index in [9.17, 15) is 0 Å². The van der Waals surface area contributed by atoms with Crippen LogP contribution in [-0.2, 0) is 4.74 Å². The summed E-state index contributed by atoms with van der Waals surface area (Å²) in [5.41, 5.74) is 3.97. The molecule has 0 aromatic heterocycles. The fraction of sp³-hybridized carbons (Fsp3) is 0.600. The van der Waals surface area contributed by atoms with Crippen molar-refractivity contribution in [1.82, 2.24) is 0 Å². The first-order valence-electron chi connectivity index (χ1n) is 10.6. The Balaban J connectivity index is 1.70. The van der Waals surface area contributed by atoms with Gasteiger partial charge >= 0.3 is 0 Å². The van der Waals surface area contributed by atoms with Crippen molar-refractivity contribution in [2.75, 3.05) is 0 Å². The number of benzene rings is 1. The maximum Gasteiger partial charge on any atom is 0.125 e. The van der Waals surface area contributed by atoms with Crippen LogP contribution in [0.4, 0.5) is 0 Å². The van der Waals surface area contributed by atoms with Gasteiger partial charge in [-0.2, -0.15) is 0 Å². The molecule has 27 heavy (non-hydrogen) atoms. The molecule has 3 rings (SSSR count). The minimum absolute atomic E-state index is 0.157. The van der Waals surface area contributed by atoms with Crippen molar-refractivity contribution in [3.63, 3.8) is 0 Å². The van der Waals surface area contributed by atoms with Crippen molar-refractivity contribution < 1.29 is 9.47 Å². The number of ether oxygens (including phenoxy) is 2. The van der Waals surface area contributed by atoms with Gasteiger partial charge in [0.2, 0.25) is 0 Å². The fourth-order valence-corrected chi connectivity index (χ4v) is 4.56. The van der Waals surface area contributed by atoms with Gasteiger partial charge in [-0.05, 0) is 79.2 Å². The molecule has 0 N–H and O–H groups in total. The van der Waals surface area contributed by atoms with E-state index in [1.165, 1.54) is 23.1 Å². The van der Waals surface area contributed by atoms with E-state index in [0.29, 0.717) is 12.0 Å². The zero-order chi connectivity index (χ0) is 19.4. The van der Waals surface area contributed by atoms with Gasteiger partial charge < -0.3 is 9.47 Å². The van der Waals surface area contributed by atoms with Gasteiger partial charge in [0, 0.05) is 11.5 Å². The molecule has 2 aliphatic heterocycles. The second kappa shape index (κ2) is 8.65. The Labute approximate surface area is 165 Å². The number of hydrogen-bond acceptors (Lipinski definition) is 2. The average Bonchev–Trinajstić information content (AvgIpc) is 2.61. The van der Waals surface area contributed by atoms with Crippen molar-refractivity contribution in [3.05, 3.63) is 53.1 Å². The summed E-state index contributed by atoms with van der Waals surface area (Å²) in [6, 6.07) is 8.45. The molecule has 0 amide bonds. The monoisotopic (exact) mass is 368 g/mol. The SMILES string of the molecule is CC(C)=CCC/C(C)=C\CC[C@]1(C)Oc2ccccc2[C@@H]2O[C@H](C)CC[C@H]21. The van der Waals surface area contributed by atoms with Crippen LogP contribution in [0.5, 0.6) is 5.75 Å². The highest BCUT2D eigenvalue weighted by Crippen LogP contribution is 2.51. The van der Waals surface area contributed by atoms with E-state index in [-0.39, 0.29) is 11.7 Å². The van der Waals surface area contributed by atoms with Gasteiger partial charge in [-0.25, -0.2) is 0 Å². The van der Waals surface area contributed by atoms with Crippen LogP contribution in [0.1, 0.15) is 84.8 Å². The smallest absolute Gasteiger partial charge is 0.125 e. The Bertz CT molecular complexity index is 698. The van der Waals surface area contributed by atoms with Crippen LogP contribution < -0.4 is 4.74 Å². The van der Waals surface area contributed by atoms with Gasteiger partial charge in [-0.1, -0.05) is 41.5 Å². The average molecular weight is 369 g/mol. The van der Waals surface area contributed by atoms with E-state index in [2.05, 4.69) is 71.0 Å². The Hall–Kier alpha value is -1.54. The molecular formula is C25H36O2. The van der Waals surface area contributed by atoms with Crippen LogP contribution in [-0.4, -0.2) is 11.7 Å². The summed E-state index contributed by atoms with van der Waals surface area (Å²) in [6.45, 7) is 11.1. The van der Waals surface area contributed by atoms with Crippen molar-refractivity contribution in [2.24, 2.45) is 5.92 Å². The summed E-state index contributed by atoms with van der Waals surface area (Å²) in [6.07, 6.45) is 11.9. The minimum Gasteiger partial charge on any atom is -0.487 e. The third-order valence-electron chi connectivity index (χ3n) is 6.21. The van der Waals surface area contributed by atoms with Crippen LogP contribution in [0.25, 0.3) is 0 Å². The van der Waals surface area contributed by atoms with Gasteiger partial charge in [-0.3, -0.25) is 0 Å². The number of hydrogen-bond donors (Lipinski definition) is 0.